The standard InChI is InChI=1S/C18H15F4NO4/c1-9(17(24)23-14-8-7-13(20)15(21)16(14)22)27-18(25)10(2)26-12-5-3-11(19)4-6-12/h3-10H,1-2H3,(H,23,24)/t9-,10-/m0/s1. The molecule has 1 amide bonds. The number of carbonyl (C=O) groups is 2. The molecule has 2 aromatic carbocycles. The van der Waals surface area contributed by atoms with Gasteiger partial charge in [0.05, 0.1) is 5.69 Å². The summed E-state index contributed by atoms with van der Waals surface area (Å²) in [5, 5.41) is 2.00. The molecule has 0 spiro atoms. The molecule has 0 unspecified atom stereocenters. The number of carbonyl (C=O) groups excluding carboxylic acids is 2. The summed E-state index contributed by atoms with van der Waals surface area (Å²) in [6, 6.07) is 6.37. The van der Waals surface area contributed by atoms with Crippen molar-refractivity contribution in [1.29, 1.82) is 0 Å². The van der Waals surface area contributed by atoms with Crippen LogP contribution in [-0.2, 0) is 14.3 Å². The quantitative estimate of drug-likeness (QED) is 0.469. The van der Waals surface area contributed by atoms with Crippen LogP contribution in [0.25, 0.3) is 0 Å². The molecule has 0 saturated heterocycles. The molecule has 2 aromatic rings. The zero-order chi connectivity index (χ0) is 20.1. The maximum absolute atomic E-state index is 13.6. The molecule has 5 nitrogen and oxygen atoms in total. The van der Waals surface area contributed by atoms with Crippen molar-refractivity contribution in [3.63, 3.8) is 0 Å². The van der Waals surface area contributed by atoms with Crippen LogP contribution in [0.1, 0.15) is 13.8 Å². The minimum atomic E-state index is -1.74. The van der Waals surface area contributed by atoms with Crippen LogP contribution < -0.4 is 10.1 Å². The summed E-state index contributed by atoms with van der Waals surface area (Å²) in [6.07, 6.45) is -2.49. The number of rotatable bonds is 6. The monoisotopic (exact) mass is 385 g/mol. The zero-order valence-corrected chi connectivity index (χ0v) is 14.3. The molecular formula is C18H15F4NO4. The molecule has 0 heterocycles. The molecule has 0 fully saturated rings. The molecule has 0 aliphatic carbocycles. The number of esters is 1. The van der Waals surface area contributed by atoms with E-state index in [4.69, 9.17) is 9.47 Å². The first-order valence-electron chi connectivity index (χ1n) is 7.76. The van der Waals surface area contributed by atoms with E-state index in [0.29, 0.717) is 6.07 Å². The van der Waals surface area contributed by atoms with E-state index in [2.05, 4.69) is 0 Å². The van der Waals surface area contributed by atoms with Gasteiger partial charge in [-0.2, -0.15) is 0 Å². The topological polar surface area (TPSA) is 64.6 Å². The number of hydrogen-bond acceptors (Lipinski definition) is 4. The second-order valence-corrected chi connectivity index (χ2v) is 5.51. The summed E-state index contributed by atoms with van der Waals surface area (Å²) in [6.45, 7) is 2.56. The molecule has 2 atom stereocenters. The SMILES string of the molecule is C[C@H](OC(=O)[C@H](C)Oc1ccc(F)cc1)C(=O)Nc1ccc(F)c(F)c1F. The van der Waals surface area contributed by atoms with Crippen molar-refractivity contribution >= 4 is 17.6 Å². The van der Waals surface area contributed by atoms with E-state index in [1.807, 2.05) is 5.32 Å². The van der Waals surface area contributed by atoms with Gasteiger partial charge in [-0.1, -0.05) is 0 Å². The van der Waals surface area contributed by atoms with Crippen LogP contribution in [0.4, 0.5) is 23.2 Å². The Bertz CT molecular complexity index is 842. The lowest BCUT2D eigenvalue weighted by Gasteiger charge is -2.18. The lowest BCUT2D eigenvalue weighted by molar-refractivity contribution is -0.159. The number of halogens is 4. The molecule has 0 bridgehead atoms. The lowest BCUT2D eigenvalue weighted by Crippen LogP contribution is -2.35. The molecular weight excluding hydrogens is 370 g/mol. The van der Waals surface area contributed by atoms with Gasteiger partial charge in [0, 0.05) is 0 Å². The van der Waals surface area contributed by atoms with Crippen LogP contribution in [0.15, 0.2) is 36.4 Å². The van der Waals surface area contributed by atoms with Crippen molar-refractivity contribution in [3.8, 4) is 5.75 Å². The Balaban J connectivity index is 1.94. The normalized spacial score (nSPS) is 12.8. The fraction of sp³-hybridized carbons (Fsp3) is 0.222. The summed E-state index contributed by atoms with van der Waals surface area (Å²) < 4.78 is 62.6. The van der Waals surface area contributed by atoms with Crippen molar-refractivity contribution in [2.24, 2.45) is 0 Å². The van der Waals surface area contributed by atoms with E-state index in [1.54, 1.807) is 0 Å². The highest BCUT2D eigenvalue weighted by Crippen LogP contribution is 2.20. The molecule has 2 rings (SSSR count). The molecule has 0 aromatic heterocycles. The lowest BCUT2D eigenvalue weighted by atomic mass is 10.2. The molecule has 9 heteroatoms. The van der Waals surface area contributed by atoms with Gasteiger partial charge in [0.15, 0.2) is 29.7 Å². The second-order valence-electron chi connectivity index (χ2n) is 5.51. The fourth-order valence-corrected chi connectivity index (χ4v) is 1.95. The summed E-state index contributed by atoms with van der Waals surface area (Å²) >= 11 is 0. The largest absolute Gasteiger partial charge is 0.479 e. The van der Waals surface area contributed by atoms with Crippen LogP contribution in [-0.4, -0.2) is 24.1 Å². The molecule has 27 heavy (non-hydrogen) atoms. The Morgan fingerprint density at radius 3 is 2.15 bits per heavy atom. The van der Waals surface area contributed by atoms with E-state index < -0.39 is 53.0 Å². The maximum atomic E-state index is 13.6. The summed E-state index contributed by atoms with van der Waals surface area (Å²) in [7, 11) is 0. The van der Waals surface area contributed by atoms with Gasteiger partial charge in [-0.15, -0.1) is 0 Å². The second kappa shape index (κ2) is 8.52. The summed E-state index contributed by atoms with van der Waals surface area (Å²) in [4.78, 5) is 23.9. The van der Waals surface area contributed by atoms with E-state index in [1.165, 1.54) is 26.0 Å². The van der Waals surface area contributed by atoms with Gasteiger partial charge in [0.2, 0.25) is 0 Å². The van der Waals surface area contributed by atoms with Crippen LogP contribution in [0.3, 0.4) is 0 Å². The number of nitrogens with one attached hydrogen (secondary N) is 1. The number of amides is 1. The Hall–Kier alpha value is -3.10. The van der Waals surface area contributed by atoms with Crippen LogP contribution in [0, 0.1) is 23.3 Å². The maximum Gasteiger partial charge on any atom is 0.347 e. The summed E-state index contributed by atoms with van der Waals surface area (Å²) in [5.74, 6) is -6.85. The average Bonchev–Trinajstić information content (AvgIpc) is 2.63. The first-order chi connectivity index (χ1) is 12.7. The Morgan fingerprint density at radius 2 is 1.52 bits per heavy atom. The molecule has 144 valence electrons. The van der Waals surface area contributed by atoms with Gasteiger partial charge in [0.1, 0.15) is 11.6 Å². The van der Waals surface area contributed by atoms with Crippen LogP contribution in [0.2, 0.25) is 0 Å². The highest BCUT2D eigenvalue weighted by molar-refractivity contribution is 5.95. The van der Waals surface area contributed by atoms with Crippen LogP contribution >= 0.6 is 0 Å². The Labute approximate surface area is 151 Å². The minimum absolute atomic E-state index is 0.210. The van der Waals surface area contributed by atoms with Gasteiger partial charge in [0.25, 0.3) is 5.91 Å². The Kier molecular flexibility index (Phi) is 6.38. The van der Waals surface area contributed by atoms with E-state index in [9.17, 15) is 27.2 Å². The predicted octanol–water partition coefficient (Wildman–Crippen LogP) is 3.58. The van der Waals surface area contributed by atoms with E-state index in [-0.39, 0.29) is 5.75 Å². The van der Waals surface area contributed by atoms with Crippen molar-refractivity contribution in [2.75, 3.05) is 5.32 Å². The van der Waals surface area contributed by atoms with Crippen molar-refractivity contribution in [2.45, 2.75) is 26.1 Å². The van der Waals surface area contributed by atoms with Gasteiger partial charge in [-0.3, -0.25) is 4.79 Å². The molecule has 0 radical (unpaired) electrons. The average molecular weight is 385 g/mol. The van der Waals surface area contributed by atoms with Gasteiger partial charge in [-0.25, -0.2) is 22.4 Å². The first kappa shape index (κ1) is 20.2. The van der Waals surface area contributed by atoms with Crippen molar-refractivity contribution in [1.82, 2.24) is 0 Å². The van der Waals surface area contributed by atoms with Crippen molar-refractivity contribution in [3.05, 3.63) is 59.7 Å². The smallest absolute Gasteiger partial charge is 0.347 e. The van der Waals surface area contributed by atoms with E-state index >= 15 is 0 Å². The predicted molar refractivity (Wildman–Crippen MR) is 87.0 cm³/mol. The highest BCUT2D eigenvalue weighted by atomic mass is 19.2. The molecule has 0 aliphatic heterocycles. The number of hydrogen-bond donors (Lipinski definition) is 1. The van der Waals surface area contributed by atoms with Gasteiger partial charge >= 0.3 is 5.97 Å². The number of benzene rings is 2. The molecule has 1 N–H and O–H groups in total. The van der Waals surface area contributed by atoms with Crippen molar-refractivity contribution < 1.29 is 36.6 Å². The third kappa shape index (κ3) is 5.19. The fourth-order valence-electron chi connectivity index (χ4n) is 1.95. The molecule has 0 saturated carbocycles. The third-order valence-electron chi connectivity index (χ3n) is 3.41. The van der Waals surface area contributed by atoms with Gasteiger partial charge < -0.3 is 14.8 Å². The molecule has 0 aliphatic rings. The van der Waals surface area contributed by atoms with Crippen LogP contribution in [0.5, 0.6) is 5.75 Å². The third-order valence-corrected chi connectivity index (χ3v) is 3.41. The summed E-state index contributed by atoms with van der Waals surface area (Å²) in [5.41, 5.74) is -0.600. The number of ether oxygens (including phenoxy) is 2. The minimum Gasteiger partial charge on any atom is -0.479 e. The number of anilines is 1. The first-order valence-corrected chi connectivity index (χ1v) is 7.76. The Morgan fingerprint density at radius 1 is 0.889 bits per heavy atom. The highest BCUT2D eigenvalue weighted by Gasteiger charge is 2.24. The van der Waals surface area contributed by atoms with E-state index in [0.717, 1.165) is 18.2 Å². The van der Waals surface area contributed by atoms with Gasteiger partial charge in [-0.05, 0) is 50.2 Å². The zero-order valence-electron chi connectivity index (χ0n) is 14.3.